The van der Waals surface area contributed by atoms with E-state index in [1.165, 1.54) is 19.3 Å². The van der Waals surface area contributed by atoms with Crippen molar-refractivity contribution in [2.24, 2.45) is 5.73 Å². The van der Waals surface area contributed by atoms with Crippen LogP contribution in [0.15, 0.2) is 0 Å². The Hall–Kier alpha value is -0.650. The molecule has 0 heterocycles. The Bertz CT molecular complexity index is 159. The molecule has 0 fully saturated rings. The summed E-state index contributed by atoms with van der Waals surface area (Å²) in [5.41, 5.74) is 5.14. The molecule has 0 radical (unpaired) electrons. The van der Waals surface area contributed by atoms with Crippen molar-refractivity contribution in [3.05, 3.63) is 0 Å². The zero-order chi connectivity index (χ0) is 14.1. The first-order valence-corrected chi connectivity index (χ1v) is 6.67. The van der Waals surface area contributed by atoms with Crippen LogP contribution in [0.2, 0.25) is 0 Å². The average molecular weight is 263 g/mol. The molecule has 110 valence electrons. The van der Waals surface area contributed by atoms with Gasteiger partial charge in [0.25, 0.3) is 0 Å². The number of carboxylic acids is 1. The molecule has 0 aromatic rings. The molecule has 0 atom stereocenters. The molecule has 5 heteroatoms. The Labute approximate surface area is 111 Å². The summed E-state index contributed by atoms with van der Waals surface area (Å²) in [5.74, 6) is -0.670. The number of nitrogens with two attached hydrogens (primary N) is 1. The van der Waals surface area contributed by atoms with Gasteiger partial charge in [-0.15, -0.1) is 0 Å². The lowest BCUT2D eigenvalue weighted by atomic mass is 10.1. The quantitative estimate of drug-likeness (QED) is 0.557. The van der Waals surface area contributed by atoms with E-state index < -0.39 is 5.97 Å². The monoisotopic (exact) mass is 263 g/mol. The van der Waals surface area contributed by atoms with Gasteiger partial charge in [-0.3, -0.25) is 4.79 Å². The Balaban J connectivity index is 0. The number of hydrogen-bond donors (Lipinski definition) is 2. The van der Waals surface area contributed by atoms with E-state index in [1.54, 1.807) is 7.11 Å². The summed E-state index contributed by atoms with van der Waals surface area (Å²) >= 11 is 0. The Kier molecular flexibility index (Phi) is 20.5. The number of aliphatic carboxylic acids is 1. The summed E-state index contributed by atoms with van der Waals surface area (Å²) in [5, 5.41) is 8.27. The summed E-state index contributed by atoms with van der Waals surface area (Å²) in [6.07, 6.45) is 5.88. The van der Waals surface area contributed by atoms with Crippen molar-refractivity contribution >= 4 is 5.97 Å². The fourth-order valence-electron chi connectivity index (χ4n) is 1.21. The van der Waals surface area contributed by atoms with Crippen molar-refractivity contribution in [2.45, 2.75) is 45.4 Å². The number of hydrogen-bond acceptors (Lipinski definition) is 4. The van der Waals surface area contributed by atoms with Gasteiger partial charge >= 0.3 is 5.97 Å². The highest BCUT2D eigenvalue weighted by Crippen LogP contribution is 2.04. The van der Waals surface area contributed by atoms with Crippen molar-refractivity contribution in [1.82, 2.24) is 0 Å². The zero-order valence-electron chi connectivity index (χ0n) is 11.8. The van der Waals surface area contributed by atoms with Crippen LogP contribution in [0, 0.1) is 0 Å². The second-order valence-electron chi connectivity index (χ2n) is 3.95. The molecule has 0 aliphatic rings. The van der Waals surface area contributed by atoms with E-state index >= 15 is 0 Å². The lowest BCUT2D eigenvalue weighted by Crippen LogP contribution is -2.11. The highest BCUT2D eigenvalue weighted by molar-refractivity contribution is 5.66. The van der Waals surface area contributed by atoms with Crippen molar-refractivity contribution in [3.63, 3.8) is 0 Å². The van der Waals surface area contributed by atoms with Crippen LogP contribution >= 0.6 is 0 Å². The van der Waals surface area contributed by atoms with Gasteiger partial charge in [-0.1, -0.05) is 32.6 Å². The Morgan fingerprint density at radius 3 is 2.28 bits per heavy atom. The standard InChI is InChI=1S/C8H16O2.C5H13NO2/c1-2-3-4-5-6-7-8(9)10;1-7-4-5-8-3-2-6/h2-7H2,1H3,(H,9,10);2-6H2,1H3. The maximum atomic E-state index is 10.0. The smallest absolute Gasteiger partial charge is 0.303 e. The number of carboxylic acid groups (broad SMARTS) is 1. The number of rotatable bonds is 11. The first kappa shape index (κ1) is 19.7. The molecule has 0 amide bonds. The zero-order valence-corrected chi connectivity index (χ0v) is 11.8. The van der Waals surface area contributed by atoms with Gasteiger partial charge in [-0.25, -0.2) is 0 Å². The third-order valence-corrected chi connectivity index (χ3v) is 2.19. The van der Waals surface area contributed by atoms with Crippen LogP contribution in [0.3, 0.4) is 0 Å². The van der Waals surface area contributed by atoms with Crippen LogP contribution in [0.25, 0.3) is 0 Å². The third kappa shape index (κ3) is 24.5. The van der Waals surface area contributed by atoms with E-state index in [9.17, 15) is 4.79 Å². The largest absolute Gasteiger partial charge is 0.481 e. The van der Waals surface area contributed by atoms with E-state index in [-0.39, 0.29) is 0 Å². The van der Waals surface area contributed by atoms with Gasteiger partial charge in [-0.05, 0) is 6.42 Å². The molecule has 3 N–H and O–H groups in total. The summed E-state index contributed by atoms with van der Waals surface area (Å²) in [6, 6.07) is 0. The minimum absolute atomic E-state index is 0.337. The molecule has 0 saturated carbocycles. The van der Waals surface area contributed by atoms with Crippen LogP contribution < -0.4 is 5.73 Å². The Morgan fingerprint density at radius 1 is 1.11 bits per heavy atom. The van der Waals surface area contributed by atoms with E-state index in [1.807, 2.05) is 0 Å². The molecule has 0 unspecified atom stereocenters. The van der Waals surface area contributed by atoms with Gasteiger partial charge in [-0.2, -0.15) is 0 Å². The fourth-order valence-corrected chi connectivity index (χ4v) is 1.21. The van der Waals surface area contributed by atoms with Gasteiger partial charge < -0.3 is 20.3 Å². The molecule has 18 heavy (non-hydrogen) atoms. The first-order valence-electron chi connectivity index (χ1n) is 6.67. The molecule has 0 aliphatic heterocycles. The van der Waals surface area contributed by atoms with E-state index in [0.717, 1.165) is 12.8 Å². The summed E-state index contributed by atoms with van der Waals surface area (Å²) in [4.78, 5) is 10.0. The normalized spacial score (nSPS) is 9.72. The molecular weight excluding hydrogens is 234 g/mol. The van der Waals surface area contributed by atoms with E-state index in [0.29, 0.717) is 32.8 Å². The predicted molar refractivity (Wildman–Crippen MR) is 72.8 cm³/mol. The number of unbranched alkanes of at least 4 members (excludes halogenated alkanes) is 4. The van der Waals surface area contributed by atoms with Gasteiger partial charge in [0.1, 0.15) is 0 Å². The average Bonchev–Trinajstić information content (AvgIpc) is 2.35. The molecular formula is C13H29NO4. The molecule has 0 aromatic heterocycles. The van der Waals surface area contributed by atoms with Gasteiger partial charge in [0, 0.05) is 20.1 Å². The number of ether oxygens (including phenoxy) is 2. The molecule has 5 nitrogen and oxygen atoms in total. The topological polar surface area (TPSA) is 81.8 Å². The molecule has 0 aromatic carbocycles. The van der Waals surface area contributed by atoms with Crippen LogP contribution in [-0.4, -0.2) is 44.6 Å². The third-order valence-electron chi connectivity index (χ3n) is 2.19. The van der Waals surface area contributed by atoms with E-state index in [2.05, 4.69) is 6.92 Å². The van der Waals surface area contributed by atoms with Crippen molar-refractivity contribution in [2.75, 3.05) is 33.5 Å². The van der Waals surface area contributed by atoms with Crippen molar-refractivity contribution < 1.29 is 19.4 Å². The van der Waals surface area contributed by atoms with E-state index in [4.69, 9.17) is 20.3 Å². The molecule has 0 spiro atoms. The minimum atomic E-state index is -0.670. The van der Waals surface area contributed by atoms with Crippen LogP contribution in [0.1, 0.15) is 45.4 Å². The van der Waals surface area contributed by atoms with Gasteiger partial charge in [0.2, 0.25) is 0 Å². The fraction of sp³-hybridized carbons (Fsp3) is 0.923. The molecule has 0 rings (SSSR count). The van der Waals surface area contributed by atoms with Crippen molar-refractivity contribution in [1.29, 1.82) is 0 Å². The van der Waals surface area contributed by atoms with Crippen molar-refractivity contribution in [3.8, 4) is 0 Å². The lowest BCUT2D eigenvalue weighted by molar-refractivity contribution is -0.137. The predicted octanol–water partition coefficient (Wildman–Crippen LogP) is 2.04. The highest BCUT2D eigenvalue weighted by atomic mass is 16.5. The molecule has 0 bridgehead atoms. The number of carbonyl (C=O) groups is 1. The summed E-state index contributed by atoms with van der Waals surface area (Å²) in [7, 11) is 1.64. The molecule has 0 saturated heterocycles. The first-order chi connectivity index (χ1) is 8.68. The Morgan fingerprint density at radius 2 is 1.78 bits per heavy atom. The second-order valence-corrected chi connectivity index (χ2v) is 3.95. The maximum Gasteiger partial charge on any atom is 0.303 e. The van der Waals surface area contributed by atoms with Crippen LogP contribution in [-0.2, 0) is 14.3 Å². The summed E-state index contributed by atoms with van der Waals surface area (Å²) < 4.78 is 9.70. The van der Waals surface area contributed by atoms with Crippen LogP contribution in [0.5, 0.6) is 0 Å². The lowest BCUT2D eigenvalue weighted by Gasteiger charge is -1.98. The molecule has 0 aliphatic carbocycles. The van der Waals surface area contributed by atoms with Crippen LogP contribution in [0.4, 0.5) is 0 Å². The summed E-state index contributed by atoms with van der Waals surface area (Å²) in [6.45, 7) is 4.66. The maximum absolute atomic E-state index is 10.0. The SMILES string of the molecule is CCCCCCCC(=O)O.COCCOCCN. The number of methoxy groups -OCH3 is 1. The van der Waals surface area contributed by atoms with Gasteiger partial charge in [0.05, 0.1) is 19.8 Å². The minimum Gasteiger partial charge on any atom is -0.481 e. The van der Waals surface area contributed by atoms with Gasteiger partial charge in [0.15, 0.2) is 0 Å². The second kappa shape index (κ2) is 18.7. The highest BCUT2D eigenvalue weighted by Gasteiger charge is 1.94.